The maximum Gasteiger partial charge on any atom is 4.00 e. The maximum atomic E-state index is 4.23. The van der Waals surface area contributed by atoms with E-state index in [1.807, 2.05) is 0 Å². The van der Waals surface area contributed by atoms with Crippen molar-refractivity contribution in [2.45, 2.75) is 74.3 Å². The van der Waals surface area contributed by atoms with E-state index in [4.69, 9.17) is 0 Å². The Labute approximate surface area is 371 Å². The summed E-state index contributed by atoms with van der Waals surface area (Å²) in [6, 6.07) is 48.0. The molecule has 1 unspecified atom stereocenters. The van der Waals surface area contributed by atoms with E-state index in [0.717, 1.165) is 0 Å². The summed E-state index contributed by atoms with van der Waals surface area (Å²) in [4.78, 5) is 0. The van der Waals surface area contributed by atoms with Crippen LogP contribution in [0.3, 0.4) is 0 Å². The van der Waals surface area contributed by atoms with Gasteiger partial charge in [-0.15, -0.1) is 6.92 Å². The molecule has 0 saturated heterocycles. The van der Waals surface area contributed by atoms with Crippen LogP contribution in [0.2, 0.25) is 5.04 Å². The van der Waals surface area contributed by atoms with Crippen LogP contribution in [0, 0.1) is 47.6 Å². The van der Waals surface area contributed by atoms with Gasteiger partial charge in [-0.05, 0) is 124 Å². The minimum absolute atomic E-state index is 0. The molecule has 0 radical (unpaired) electrons. The summed E-state index contributed by atoms with van der Waals surface area (Å²) in [5, 5.41) is 3.99. The van der Waals surface area contributed by atoms with Gasteiger partial charge in [0.2, 0.25) is 0 Å². The van der Waals surface area contributed by atoms with Gasteiger partial charge in [0.25, 0.3) is 0 Å². The Bertz CT molecular complexity index is 2100. The van der Waals surface area contributed by atoms with Crippen LogP contribution in [0.25, 0.3) is 33.4 Å². The average Bonchev–Trinajstić information content (AvgIpc) is 3.31. The summed E-state index contributed by atoms with van der Waals surface area (Å²) in [5.41, 5.74) is 19.8. The Morgan fingerprint density at radius 1 is 0.411 bits per heavy atom. The van der Waals surface area contributed by atoms with Crippen LogP contribution >= 0.6 is 0 Å². The Kier molecular flexibility index (Phi) is 15.5. The molecule has 0 bridgehead atoms. The third-order valence-electron chi connectivity index (χ3n) is 12.1. The van der Waals surface area contributed by atoms with Crippen LogP contribution in [-0.2, 0) is 21.7 Å². The van der Waals surface area contributed by atoms with E-state index >= 15 is 0 Å². The molecule has 0 amide bonds. The second-order valence-corrected chi connectivity index (χ2v) is 19.7. The van der Waals surface area contributed by atoms with Crippen LogP contribution in [0.4, 0.5) is 0 Å². The molecule has 1 atom stereocenters. The van der Waals surface area contributed by atoms with Gasteiger partial charge in [-0.25, -0.2) is 5.57 Å². The van der Waals surface area contributed by atoms with E-state index in [2.05, 4.69) is 203 Å². The van der Waals surface area contributed by atoms with Crippen molar-refractivity contribution < 1.29 is 58.9 Å². The summed E-state index contributed by atoms with van der Waals surface area (Å²) in [7, 11) is -3.01. The van der Waals surface area contributed by atoms with Gasteiger partial charge in [0.1, 0.15) is 8.07 Å². The molecule has 6 aromatic carbocycles. The zero-order chi connectivity index (χ0) is 36.9. The van der Waals surface area contributed by atoms with E-state index in [9.17, 15) is 0 Å². The zero-order valence-electron chi connectivity index (χ0n) is 34.3. The molecular weight excluding hydrogens is 795 g/mol. The normalized spacial score (nSPS) is 14.9. The van der Waals surface area contributed by atoms with Crippen molar-refractivity contribution in [2.24, 2.45) is 0 Å². The molecule has 1 aliphatic carbocycles. The summed E-state index contributed by atoms with van der Waals surface area (Å²) < 4.78 is 0. The quantitative estimate of drug-likeness (QED) is 0.132. The van der Waals surface area contributed by atoms with Gasteiger partial charge in [-0.2, -0.15) is 11.1 Å². The fraction of sp³-hybridized carbons (Fsp3) is 0.216. The van der Waals surface area contributed by atoms with Gasteiger partial charge in [0.05, 0.1) is 0 Å². The molecule has 284 valence electrons. The summed E-state index contributed by atoms with van der Waals surface area (Å²) in [5.74, 6) is 0. The molecule has 1 aliphatic rings. The van der Waals surface area contributed by atoms with Crippen LogP contribution in [-0.4, -0.2) is 8.07 Å². The van der Waals surface area contributed by atoms with Crippen molar-refractivity contribution in [2.75, 3.05) is 0 Å². The second-order valence-electron chi connectivity index (χ2n) is 15.4. The molecule has 7 rings (SSSR count). The number of allylic oxidation sites excluding steroid dienone is 4. The number of halogens is 3. The molecule has 0 N–H and O–H groups in total. The largest absolute Gasteiger partial charge is 4.00 e. The van der Waals surface area contributed by atoms with Crippen LogP contribution in [0.1, 0.15) is 61.1 Å². The monoisotopic (exact) mass is 844 g/mol. The fourth-order valence-corrected chi connectivity index (χ4v) is 16.1. The van der Waals surface area contributed by atoms with Gasteiger partial charge < -0.3 is 37.2 Å². The standard InChI is InChI=1S/C51H51Si.3ClH.Ti/c1-33-26-45(27-34(2)48(33)42-20-14-11-15-21-42)52(51(10)32-39(7)40(8)41(51)9,46-28-35(3)49(36(4)29-46)43-22-16-12-17-23-43)47-30-37(5)50(38(6)31-47)44-24-18-13-19-25-44;;;;/h11-31H,1-10H3;3*1H;/q-1;;;;+4/p-3. The Hall–Kier alpha value is -3.40. The molecule has 56 heavy (non-hydrogen) atoms. The minimum Gasteiger partial charge on any atom is -1.00 e. The van der Waals surface area contributed by atoms with Crippen molar-refractivity contribution in [1.82, 2.24) is 0 Å². The Balaban J connectivity index is 0.00000210. The number of hydrogen-bond donors (Lipinski definition) is 0. The van der Waals surface area contributed by atoms with Crippen molar-refractivity contribution in [1.29, 1.82) is 0 Å². The fourth-order valence-electron chi connectivity index (χ4n) is 9.68. The van der Waals surface area contributed by atoms with Gasteiger partial charge >= 0.3 is 21.7 Å². The molecule has 0 aromatic heterocycles. The second kappa shape index (κ2) is 18.5. The van der Waals surface area contributed by atoms with E-state index in [1.54, 1.807) is 0 Å². The van der Waals surface area contributed by atoms with E-state index in [0.29, 0.717) is 0 Å². The third kappa shape index (κ3) is 7.77. The first-order valence-corrected chi connectivity index (χ1v) is 20.7. The number of hydrogen-bond acceptors (Lipinski definition) is 0. The van der Waals surface area contributed by atoms with Crippen molar-refractivity contribution in [3.63, 3.8) is 0 Å². The molecular formula is C51H51Cl3SiTi. The maximum absolute atomic E-state index is 4.23. The van der Waals surface area contributed by atoms with Gasteiger partial charge in [-0.1, -0.05) is 153 Å². The molecule has 0 spiro atoms. The molecule has 0 nitrogen and oxygen atoms in total. The van der Waals surface area contributed by atoms with E-state index in [-0.39, 0.29) is 64.0 Å². The minimum atomic E-state index is -3.01. The smallest absolute Gasteiger partial charge is 1.00 e. The number of rotatable bonds is 7. The molecule has 6 aromatic rings. The Morgan fingerprint density at radius 3 is 0.875 bits per heavy atom. The molecule has 0 aliphatic heterocycles. The van der Waals surface area contributed by atoms with Gasteiger partial charge in [0.15, 0.2) is 0 Å². The molecule has 0 fully saturated rings. The summed E-state index contributed by atoms with van der Waals surface area (Å²) >= 11 is 0. The van der Waals surface area contributed by atoms with Crippen LogP contribution in [0.15, 0.2) is 144 Å². The van der Waals surface area contributed by atoms with E-state index in [1.165, 1.54) is 99.0 Å². The van der Waals surface area contributed by atoms with Crippen molar-refractivity contribution in [3.8, 4) is 33.4 Å². The predicted molar refractivity (Wildman–Crippen MR) is 228 cm³/mol. The zero-order valence-corrected chi connectivity index (χ0v) is 39.1. The topological polar surface area (TPSA) is 0 Å². The first-order chi connectivity index (χ1) is 24.9. The third-order valence-corrected chi connectivity index (χ3v) is 17.6. The summed E-state index contributed by atoms with van der Waals surface area (Å²) in [6.45, 7) is 23.4. The summed E-state index contributed by atoms with van der Waals surface area (Å²) in [6.07, 6.45) is 4.23. The first kappa shape index (κ1) is 47.0. The van der Waals surface area contributed by atoms with Gasteiger partial charge in [-0.3, -0.25) is 6.08 Å². The predicted octanol–water partition coefficient (Wildman–Crippen LogP) is 2.88. The van der Waals surface area contributed by atoms with E-state index < -0.39 is 8.07 Å². The molecule has 0 heterocycles. The first-order valence-electron chi connectivity index (χ1n) is 18.7. The SMILES string of the molecule is CC1=[C-]C(C)([Si](c2cc(C)c(-c3ccccc3)c(C)c2)(c2cc(C)c(-c3ccccc3)c(C)c2)c2cc(C)c(-c3ccccc3)c(C)c2)C(C)=C1C.[Cl-].[Cl-].[Cl-].[Ti+4]. The van der Waals surface area contributed by atoms with Crippen LogP contribution < -0.4 is 52.8 Å². The Morgan fingerprint density at radius 2 is 0.661 bits per heavy atom. The van der Waals surface area contributed by atoms with Crippen molar-refractivity contribution in [3.05, 3.63) is 184 Å². The van der Waals surface area contributed by atoms with Crippen molar-refractivity contribution >= 4 is 23.6 Å². The number of benzene rings is 6. The average molecular weight is 846 g/mol. The number of aryl methyl sites for hydroxylation is 6. The molecule has 5 heteroatoms. The van der Waals surface area contributed by atoms with Gasteiger partial charge in [0, 0.05) is 0 Å². The van der Waals surface area contributed by atoms with Crippen LogP contribution in [0.5, 0.6) is 0 Å². The molecule has 0 saturated carbocycles.